The Bertz CT molecular complexity index is 1180. The molecule has 174 valence electrons. The first kappa shape index (κ1) is 25.7. The number of hydrogen-bond donors (Lipinski definition) is 1. The molecule has 0 saturated carbocycles. The van der Waals surface area contributed by atoms with Gasteiger partial charge in [-0.1, -0.05) is 24.3 Å². The Kier molecular flexibility index (Phi) is 7.69. The van der Waals surface area contributed by atoms with Crippen LogP contribution in [0.1, 0.15) is 47.9 Å². The topological polar surface area (TPSA) is 100 Å². The molecule has 0 atom stereocenters. The van der Waals surface area contributed by atoms with Gasteiger partial charge in [-0.15, -0.1) is 0 Å². The summed E-state index contributed by atoms with van der Waals surface area (Å²) in [5.41, 5.74) is 9.80. The van der Waals surface area contributed by atoms with Crippen molar-refractivity contribution in [2.45, 2.75) is 45.1 Å². The summed E-state index contributed by atoms with van der Waals surface area (Å²) >= 11 is 0. The van der Waals surface area contributed by atoms with Crippen molar-refractivity contribution in [3.63, 3.8) is 0 Å². The SMILES string of the molecule is CC(C)n1cc(C(=O)[O-])c(CCc2ccccc2-c2ccnc(N3CCC(F)(F)C3)c2N)n1.[Li+]. The molecule has 3 heterocycles. The predicted octanol–water partition coefficient (Wildman–Crippen LogP) is 0.106. The average molecular weight is 461 g/mol. The van der Waals surface area contributed by atoms with Crippen LogP contribution in [0.25, 0.3) is 11.1 Å². The van der Waals surface area contributed by atoms with Crippen molar-refractivity contribution < 1.29 is 37.5 Å². The molecule has 0 spiro atoms. The fourth-order valence-corrected chi connectivity index (χ4v) is 4.17. The molecule has 1 aromatic carbocycles. The third-order valence-corrected chi connectivity index (χ3v) is 5.93. The van der Waals surface area contributed by atoms with Gasteiger partial charge in [-0.05, 0) is 43.9 Å². The van der Waals surface area contributed by atoms with E-state index in [-0.39, 0.29) is 43.4 Å². The molecule has 2 aromatic heterocycles. The number of carbonyl (C=O) groups excluding carboxylic acids is 1. The molecule has 0 unspecified atom stereocenters. The number of hydrogen-bond acceptors (Lipinski definition) is 6. The third kappa shape index (κ3) is 5.26. The van der Waals surface area contributed by atoms with Crippen LogP contribution in [0.2, 0.25) is 0 Å². The van der Waals surface area contributed by atoms with Gasteiger partial charge in [0.1, 0.15) is 0 Å². The van der Waals surface area contributed by atoms with Gasteiger partial charge in [-0.2, -0.15) is 5.10 Å². The summed E-state index contributed by atoms with van der Waals surface area (Å²) in [6, 6.07) is 9.42. The fraction of sp³-hybridized carbons (Fsp3) is 0.375. The Hall–Kier alpha value is -2.89. The molecule has 1 aliphatic heterocycles. The molecule has 0 amide bonds. The molecular formula is C24H26F2LiN5O2. The molecule has 0 aliphatic carbocycles. The number of carbonyl (C=O) groups is 1. The van der Waals surface area contributed by atoms with E-state index in [0.29, 0.717) is 35.6 Å². The van der Waals surface area contributed by atoms with Crippen LogP contribution in [0.4, 0.5) is 20.3 Å². The summed E-state index contributed by atoms with van der Waals surface area (Å²) in [6.45, 7) is 3.63. The molecule has 34 heavy (non-hydrogen) atoms. The average Bonchev–Trinajstić information content (AvgIpc) is 3.36. The molecule has 3 aromatic rings. The van der Waals surface area contributed by atoms with E-state index in [1.54, 1.807) is 16.9 Å². The summed E-state index contributed by atoms with van der Waals surface area (Å²) in [7, 11) is 0. The van der Waals surface area contributed by atoms with Crippen LogP contribution in [-0.2, 0) is 12.8 Å². The van der Waals surface area contributed by atoms with Crippen molar-refractivity contribution in [1.82, 2.24) is 14.8 Å². The van der Waals surface area contributed by atoms with E-state index in [9.17, 15) is 18.7 Å². The minimum absolute atomic E-state index is 0. The van der Waals surface area contributed by atoms with Crippen LogP contribution in [-0.4, -0.2) is 39.7 Å². The van der Waals surface area contributed by atoms with Gasteiger partial charge in [0.15, 0.2) is 5.82 Å². The van der Waals surface area contributed by atoms with Gasteiger partial charge in [0.25, 0.3) is 5.92 Å². The van der Waals surface area contributed by atoms with E-state index in [1.807, 2.05) is 38.1 Å². The zero-order chi connectivity index (χ0) is 23.8. The number of aromatic carboxylic acids is 1. The Morgan fingerprint density at radius 2 is 1.94 bits per heavy atom. The Morgan fingerprint density at radius 1 is 1.21 bits per heavy atom. The van der Waals surface area contributed by atoms with Crippen molar-refractivity contribution in [3.8, 4) is 11.1 Å². The molecule has 7 nitrogen and oxygen atoms in total. The molecular weight excluding hydrogens is 435 g/mol. The number of halogens is 2. The molecule has 1 saturated heterocycles. The quantitative estimate of drug-likeness (QED) is 0.502. The van der Waals surface area contributed by atoms with Crippen molar-refractivity contribution >= 4 is 17.5 Å². The standard InChI is InChI=1S/C24H27F2N5O2.Li/c1-15(2)31-13-19(23(32)33)20(29-31)8-7-16-5-3-4-6-17(16)18-9-11-28-22(21(18)27)30-12-10-24(25,26)14-30;/h3-6,9,11,13,15H,7-8,10,12,14,27H2,1-2H3,(H,32,33);/q;+1/p-1. The van der Waals surface area contributed by atoms with Gasteiger partial charge >= 0.3 is 18.9 Å². The monoisotopic (exact) mass is 461 g/mol. The number of aromatic nitrogens is 3. The Morgan fingerprint density at radius 3 is 2.59 bits per heavy atom. The van der Waals surface area contributed by atoms with Gasteiger partial charge in [0.2, 0.25) is 0 Å². The van der Waals surface area contributed by atoms with Crippen LogP contribution in [0.15, 0.2) is 42.7 Å². The third-order valence-electron chi connectivity index (χ3n) is 5.93. The van der Waals surface area contributed by atoms with Crippen LogP contribution < -0.4 is 34.6 Å². The van der Waals surface area contributed by atoms with Crippen LogP contribution in [0.5, 0.6) is 0 Å². The van der Waals surface area contributed by atoms with Crippen molar-refractivity contribution in [2.24, 2.45) is 0 Å². The number of anilines is 2. The molecule has 2 N–H and O–H groups in total. The maximum Gasteiger partial charge on any atom is 1.00 e. The molecule has 10 heteroatoms. The molecule has 0 bridgehead atoms. The number of alkyl halides is 2. The maximum absolute atomic E-state index is 13.7. The smallest absolute Gasteiger partial charge is 0.545 e. The summed E-state index contributed by atoms with van der Waals surface area (Å²) in [5.74, 6) is -3.65. The van der Waals surface area contributed by atoms with Gasteiger partial charge < -0.3 is 20.5 Å². The van der Waals surface area contributed by atoms with Crippen molar-refractivity contribution in [3.05, 3.63) is 59.5 Å². The first-order chi connectivity index (χ1) is 15.7. The van der Waals surface area contributed by atoms with E-state index in [2.05, 4.69) is 10.1 Å². The number of carboxylic acid groups (broad SMARTS) is 1. The second-order valence-electron chi connectivity index (χ2n) is 8.63. The number of nitrogens with zero attached hydrogens (tertiary/aromatic N) is 4. The zero-order valence-electron chi connectivity index (χ0n) is 19.6. The molecule has 4 rings (SSSR count). The zero-order valence-corrected chi connectivity index (χ0v) is 19.6. The number of carboxylic acids is 1. The summed E-state index contributed by atoms with van der Waals surface area (Å²) in [6.07, 6.45) is 3.77. The van der Waals surface area contributed by atoms with Crippen molar-refractivity contribution in [1.29, 1.82) is 0 Å². The summed E-state index contributed by atoms with van der Waals surface area (Å²) in [4.78, 5) is 17.4. The number of rotatable bonds is 7. The molecule has 0 radical (unpaired) electrons. The van der Waals surface area contributed by atoms with Gasteiger partial charge in [0.05, 0.1) is 23.9 Å². The Balaban J connectivity index is 0.00000324. The van der Waals surface area contributed by atoms with E-state index in [4.69, 9.17) is 5.73 Å². The number of pyridine rings is 1. The van der Waals surface area contributed by atoms with Crippen LogP contribution in [0.3, 0.4) is 0 Å². The molecule has 1 fully saturated rings. The number of nitrogens with two attached hydrogens (primary N) is 1. The van der Waals surface area contributed by atoms with E-state index in [0.717, 1.165) is 11.1 Å². The fourth-order valence-electron chi connectivity index (χ4n) is 4.17. The van der Waals surface area contributed by atoms with Crippen molar-refractivity contribution in [2.75, 3.05) is 23.7 Å². The minimum Gasteiger partial charge on any atom is -0.545 e. The number of benzene rings is 1. The van der Waals surface area contributed by atoms with Gasteiger partial charge in [-0.3, -0.25) is 4.68 Å². The largest absolute Gasteiger partial charge is 1.00 e. The maximum atomic E-state index is 13.7. The van der Waals surface area contributed by atoms with Gasteiger partial charge in [-0.25, -0.2) is 13.8 Å². The summed E-state index contributed by atoms with van der Waals surface area (Å²) < 4.78 is 29.1. The number of aryl methyl sites for hydroxylation is 2. The van der Waals surface area contributed by atoms with E-state index < -0.39 is 18.4 Å². The minimum atomic E-state index is -2.75. The Labute approximate surface area is 209 Å². The van der Waals surface area contributed by atoms with Gasteiger partial charge in [0, 0.05) is 42.5 Å². The second kappa shape index (κ2) is 10.2. The van der Waals surface area contributed by atoms with E-state index >= 15 is 0 Å². The normalized spacial score (nSPS) is 14.9. The predicted molar refractivity (Wildman–Crippen MR) is 120 cm³/mol. The molecule has 1 aliphatic rings. The van der Waals surface area contributed by atoms with Crippen LogP contribution in [0, 0.1) is 0 Å². The first-order valence-electron chi connectivity index (χ1n) is 10.9. The van der Waals surface area contributed by atoms with Crippen LogP contribution >= 0.6 is 0 Å². The first-order valence-corrected chi connectivity index (χ1v) is 10.9. The number of nitrogen functional groups attached to an aromatic ring is 1. The summed E-state index contributed by atoms with van der Waals surface area (Å²) in [5, 5.41) is 16.0. The second-order valence-corrected chi connectivity index (χ2v) is 8.63. The van der Waals surface area contributed by atoms with E-state index in [1.165, 1.54) is 11.1 Å².